The van der Waals surface area contributed by atoms with Crippen LogP contribution in [0, 0.1) is 0 Å². The zero-order valence-electron chi connectivity index (χ0n) is 15.1. The summed E-state index contributed by atoms with van der Waals surface area (Å²) in [5.41, 5.74) is 3.87. The second-order valence-corrected chi connectivity index (χ2v) is 7.46. The first-order valence-corrected chi connectivity index (χ1v) is 9.84. The van der Waals surface area contributed by atoms with Crippen LogP contribution in [0.25, 0.3) is 32.7 Å². The number of aryl methyl sites for hydroxylation is 1. The molecule has 1 heteroatoms. The van der Waals surface area contributed by atoms with E-state index in [1.807, 2.05) is 12.1 Å². The van der Waals surface area contributed by atoms with Crippen LogP contribution in [0.5, 0.6) is 0 Å². The van der Waals surface area contributed by atoms with Gasteiger partial charge in [0.05, 0.1) is 0 Å². The molecule has 0 aliphatic rings. The summed E-state index contributed by atoms with van der Waals surface area (Å²) >= 11 is 6.01. The van der Waals surface area contributed by atoms with Gasteiger partial charge in [-0.2, -0.15) is 0 Å². The number of unbranched alkanes of at least 4 members (excludes halogenated alkanes) is 2. The fourth-order valence-electron chi connectivity index (χ4n) is 3.68. The molecule has 4 rings (SSSR count). The van der Waals surface area contributed by atoms with Crippen molar-refractivity contribution in [1.29, 1.82) is 0 Å². The fraction of sp³-hybridized carbons (Fsp3) is 0.200. The molecule has 0 saturated carbocycles. The molecule has 4 aromatic rings. The van der Waals surface area contributed by atoms with Crippen molar-refractivity contribution >= 4 is 33.1 Å². The van der Waals surface area contributed by atoms with Gasteiger partial charge in [-0.1, -0.05) is 86.0 Å². The lowest BCUT2D eigenvalue weighted by molar-refractivity contribution is 0.718. The van der Waals surface area contributed by atoms with Crippen LogP contribution in [0.4, 0.5) is 0 Å². The number of rotatable bonds is 5. The molecule has 0 bridgehead atoms. The smallest absolute Gasteiger partial charge is 0.0406 e. The highest BCUT2D eigenvalue weighted by molar-refractivity contribution is 6.30. The van der Waals surface area contributed by atoms with E-state index >= 15 is 0 Å². The molecule has 4 aromatic carbocycles. The van der Waals surface area contributed by atoms with E-state index in [0.717, 1.165) is 5.02 Å². The van der Waals surface area contributed by atoms with Crippen molar-refractivity contribution in [1.82, 2.24) is 0 Å². The Labute approximate surface area is 160 Å². The number of fused-ring (bicyclic) bond motifs is 3. The molecule has 0 N–H and O–H groups in total. The molecule has 0 aliphatic heterocycles. The largest absolute Gasteiger partial charge is 0.0843 e. The van der Waals surface area contributed by atoms with Crippen molar-refractivity contribution in [2.45, 2.75) is 32.6 Å². The summed E-state index contributed by atoms with van der Waals surface area (Å²) in [5, 5.41) is 6.05. The third-order valence-corrected chi connectivity index (χ3v) is 5.40. The van der Waals surface area contributed by atoms with Crippen molar-refractivity contribution in [2.75, 3.05) is 0 Å². The molecule has 130 valence electrons. The Balaban J connectivity index is 1.72. The summed E-state index contributed by atoms with van der Waals surface area (Å²) in [6.07, 6.45) is 5.04. The van der Waals surface area contributed by atoms with Gasteiger partial charge >= 0.3 is 0 Å². The average molecular weight is 359 g/mol. The summed E-state index contributed by atoms with van der Waals surface area (Å²) in [6, 6.07) is 26.2. The first-order chi connectivity index (χ1) is 12.7. The number of hydrogen-bond donors (Lipinski definition) is 0. The molecular formula is C25H23Cl. The number of halogens is 1. The van der Waals surface area contributed by atoms with Crippen molar-refractivity contribution in [3.8, 4) is 11.1 Å². The second-order valence-electron chi connectivity index (χ2n) is 7.02. The van der Waals surface area contributed by atoms with Crippen LogP contribution in [0.2, 0.25) is 5.02 Å². The van der Waals surface area contributed by atoms with Gasteiger partial charge in [0.15, 0.2) is 0 Å². The van der Waals surface area contributed by atoms with Crippen molar-refractivity contribution < 1.29 is 0 Å². The summed E-state index contributed by atoms with van der Waals surface area (Å²) in [6.45, 7) is 2.25. The molecule has 0 nitrogen and oxygen atoms in total. The van der Waals surface area contributed by atoms with Crippen LogP contribution in [0.3, 0.4) is 0 Å². The van der Waals surface area contributed by atoms with Crippen LogP contribution >= 0.6 is 11.6 Å². The van der Waals surface area contributed by atoms with Gasteiger partial charge in [-0.15, -0.1) is 0 Å². The zero-order chi connectivity index (χ0) is 17.9. The van der Waals surface area contributed by atoms with E-state index in [0.29, 0.717) is 0 Å². The van der Waals surface area contributed by atoms with Crippen LogP contribution < -0.4 is 0 Å². The molecule has 0 radical (unpaired) electrons. The SMILES string of the molecule is CCCCCc1ccc2c(ccc3cc(-c4ccc(Cl)cc4)ccc32)c1. The number of benzene rings is 4. The Morgan fingerprint density at radius 1 is 0.654 bits per heavy atom. The van der Waals surface area contributed by atoms with Gasteiger partial charge in [-0.3, -0.25) is 0 Å². The Morgan fingerprint density at radius 2 is 1.31 bits per heavy atom. The molecular weight excluding hydrogens is 336 g/mol. The minimum atomic E-state index is 0.773. The van der Waals surface area contributed by atoms with E-state index < -0.39 is 0 Å². The standard InChI is InChI=1S/C25H23Cl/c1-2-3-4-5-18-6-14-24-21(16-18)7-8-22-17-20(11-15-25(22)24)19-9-12-23(26)13-10-19/h6-17H,2-5H2,1H3. The highest BCUT2D eigenvalue weighted by Crippen LogP contribution is 2.31. The van der Waals surface area contributed by atoms with Gasteiger partial charge in [0.2, 0.25) is 0 Å². The highest BCUT2D eigenvalue weighted by atomic mass is 35.5. The molecule has 26 heavy (non-hydrogen) atoms. The van der Waals surface area contributed by atoms with Gasteiger partial charge in [-0.25, -0.2) is 0 Å². The van der Waals surface area contributed by atoms with Crippen LogP contribution in [0.15, 0.2) is 72.8 Å². The first-order valence-electron chi connectivity index (χ1n) is 9.46. The maximum atomic E-state index is 6.01. The third kappa shape index (κ3) is 3.48. The Hall–Kier alpha value is -2.31. The van der Waals surface area contributed by atoms with Crippen molar-refractivity contribution in [3.05, 3.63) is 83.4 Å². The first kappa shape index (κ1) is 17.1. The lowest BCUT2D eigenvalue weighted by Gasteiger charge is -2.09. The molecule has 0 spiro atoms. The van der Waals surface area contributed by atoms with Crippen LogP contribution in [-0.2, 0) is 6.42 Å². The zero-order valence-corrected chi connectivity index (χ0v) is 15.9. The maximum absolute atomic E-state index is 6.01. The van der Waals surface area contributed by atoms with E-state index in [1.54, 1.807) is 0 Å². The predicted molar refractivity (Wildman–Crippen MR) is 115 cm³/mol. The lowest BCUT2D eigenvalue weighted by atomic mass is 9.96. The van der Waals surface area contributed by atoms with Gasteiger partial charge < -0.3 is 0 Å². The Kier molecular flexibility index (Phi) is 4.95. The van der Waals surface area contributed by atoms with E-state index in [4.69, 9.17) is 11.6 Å². The van der Waals surface area contributed by atoms with Gasteiger partial charge in [0.1, 0.15) is 0 Å². The third-order valence-electron chi connectivity index (χ3n) is 5.15. The predicted octanol–water partition coefficient (Wildman–Crippen LogP) is 8.05. The monoisotopic (exact) mass is 358 g/mol. The number of hydrogen-bond acceptors (Lipinski definition) is 0. The molecule has 0 aromatic heterocycles. The van der Waals surface area contributed by atoms with Crippen molar-refractivity contribution in [2.24, 2.45) is 0 Å². The molecule has 0 aliphatic carbocycles. The fourth-order valence-corrected chi connectivity index (χ4v) is 3.80. The quantitative estimate of drug-likeness (QED) is 0.250. The average Bonchev–Trinajstić information content (AvgIpc) is 2.68. The molecule has 0 amide bonds. The minimum absolute atomic E-state index is 0.773. The van der Waals surface area contributed by atoms with E-state index in [9.17, 15) is 0 Å². The molecule has 0 atom stereocenters. The maximum Gasteiger partial charge on any atom is 0.0406 e. The molecule has 0 heterocycles. The summed E-state index contributed by atoms with van der Waals surface area (Å²) in [5.74, 6) is 0. The molecule has 0 saturated heterocycles. The van der Waals surface area contributed by atoms with Gasteiger partial charge in [0, 0.05) is 5.02 Å². The van der Waals surface area contributed by atoms with Crippen LogP contribution in [-0.4, -0.2) is 0 Å². The summed E-state index contributed by atoms with van der Waals surface area (Å²) < 4.78 is 0. The summed E-state index contributed by atoms with van der Waals surface area (Å²) in [4.78, 5) is 0. The van der Waals surface area contributed by atoms with E-state index in [1.165, 1.54) is 63.9 Å². The Bertz CT molecular complexity index is 1040. The lowest BCUT2D eigenvalue weighted by Crippen LogP contribution is -1.87. The minimum Gasteiger partial charge on any atom is -0.0843 e. The van der Waals surface area contributed by atoms with Gasteiger partial charge in [0.25, 0.3) is 0 Å². The molecule has 0 unspecified atom stereocenters. The second kappa shape index (κ2) is 7.51. The van der Waals surface area contributed by atoms with E-state index in [2.05, 4.69) is 67.6 Å². The van der Waals surface area contributed by atoms with Crippen molar-refractivity contribution in [3.63, 3.8) is 0 Å². The van der Waals surface area contributed by atoms with Gasteiger partial charge in [-0.05, 0) is 69.3 Å². The highest BCUT2D eigenvalue weighted by Gasteiger charge is 2.05. The summed E-state index contributed by atoms with van der Waals surface area (Å²) in [7, 11) is 0. The normalized spacial score (nSPS) is 11.3. The molecule has 0 fully saturated rings. The Morgan fingerprint density at radius 3 is 2.04 bits per heavy atom. The van der Waals surface area contributed by atoms with E-state index in [-0.39, 0.29) is 0 Å². The van der Waals surface area contributed by atoms with Crippen LogP contribution in [0.1, 0.15) is 31.7 Å². The topological polar surface area (TPSA) is 0 Å².